The minimum Gasteiger partial charge on any atom is -0.370 e. The SMILES string of the molecule is CCCc1c(NCC)ncnc1N1CC(=O)NC(=O)C1C. The predicted octanol–water partition coefficient (Wildman–Crippen LogP) is 0.712. The summed E-state index contributed by atoms with van der Waals surface area (Å²) in [6.45, 7) is 6.73. The maximum Gasteiger partial charge on any atom is 0.249 e. The van der Waals surface area contributed by atoms with E-state index in [4.69, 9.17) is 0 Å². The molecule has 0 radical (unpaired) electrons. The van der Waals surface area contributed by atoms with Crippen LogP contribution in [0.15, 0.2) is 6.33 Å². The third kappa shape index (κ3) is 3.12. The van der Waals surface area contributed by atoms with Crippen molar-refractivity contribution in [3.05, 3.63) is 11.9 Å². The Bertz CT molecular complexity index is 546. The van der Waals surface area contributed by atoms with Crippen LogP contribution in [0.2, 0.25) is 0 Å². The Balaban J connectivity index is 2.43. The highest BCUT2D eigenvalue weighted by atomic mass is 16.2. The van der Waals surface area contributed by atoms with Crippen molar-refractivity contribution >= 4 is 23.5 Å². The zero-order valence-electron chi connectivity index (χ0n) is 12.6. The molecule has 7 heteroatoms. The first-order valence-electron chi connectivity index (χ1n) is 7.26. The van der Waals surface area contributed by atoms with Crippen LogP contribution in [0.5, 0.6) is 0 Å². The third-order valence-corrected chi connectivity index (χ3v) is 3.46. The molecule has 1 aromatic rings. The van der Waals surface area contributed by atoms with Crippen molar-refractivity contribution in [2.24, 2.45) is 0 Å². The molecule has 21 heavy (non-hydrogen) atoms. The van der Waals surface area contributed by atoms with E-state index in [0.29, 0.717) is 5.82 Å². The summed E-state index contributed by atoms with van der Waals surface area (Å²) in [7, 11) is 0. The highest BCUT2D eigenvalue weighted by Gasteiger charge is 2.32. The van der Waals surface area contributed by atoms with E-state index in [1.807, 2.05) is 6.92 Å². The monoisotopic (exact) mass is 291 g/mol. The van der Waals surface area contributed by atoms with Gasteiger partial charge in [-0.15, -0.1) is 0 Å². The lowest BCUT2D eigenvalue weighted by atomic mass is 10.1. The molecule has 0 saturated carbocycles. The molecular weight excluding hydrogens is 270 g/mol. The lowest BCUT2D eigenvalue weighted by Crippen LogP contribution is -2.57. The number of anilines is 2. The maximum absolute atomic E-state index is 11.8. The number of piperazine rings is 1. The van der Waals surface area contributed by atoms with Gasteiger partial charge in [-0.3, -0.25) is 14.9 Å². The second-order valence-corrected chi connectivity index (χ2v) is 5.02. The normalized spacial score (nSPS) is 18.6. The summed E-state index contributed by atoms with van der Waals surface area (Å²) >= 11 is 0. The second-order valence-electron chi connectivity index (χ2n) is 5.02. The minimum absolute atomic E-state index is 0.131. The molecule has 114 valence electrons. The Morgan fingerprint density at radius 2 is 2.14 bits per heavy atom. The summed E-state index contributed by atoms with van der Waals surface area (Å²) < 4.78 is 0. The van der Waals surface area contributed by atoms with Crippen LogP contribution < -0.4 is 15.5 Å². The molecule has 1 unspecified atom stereocenters. The van der Waals surface area contributed by atoms with Crippen LogP contribution in [0.1, 0.15) is 32.8 Å². The summed E-state index contributed by atoms with van der Waals surface area (Å²) in [6.07, 6.45) is 3.19. The van der Waals surface area contributed by atoms with Gasteiger partial charge in [-0.2, -0.15) is 0 Å². The molecule has 1 saturated heterocycles. The van der Waals surface area contributed by atoms with Gasteiger partial charge in [0.15, 0.2) is 0 Å². The van der Waals surface area contributed by atoms with Crippen LogP contribution in [0.3, 0.4) is 0 Å². The third-order valence-electron chi connectivity index (χ3n) is 3.46. The van der Waals surface area contributed by atoms with Crippen molar-refractivity contribution in [1.82, 2.24) is 15.3 Å². The average molecular weight is 291 g/mol. The molecule has 1 aliphatic heterocycles. The van der Waals surface area contributed by atoms with E-state index in [1.165, 1.54) is 6.33 Å². The summed E-state index contributed by atoms with van der Waals surface area (Å²) in [6, 6.07) is -0.428. The van der Waals surface area contributed by atoms with Crippen molar-refractivity contribution in [1.29, 1.82) is 0 Å². The average Bonchev–Trinajstić information content (AvgIpc) is 2.45. The molecule has 1 aromatic heterocycles. The highest BCUT2D eigenvalue weighted by Crippen LogP contribution is 2.27. The number of carbonyl (C=O) groups excluding carboxylic acids is 2. The lowest BCUT2D eigenvalue weighted by Gasteiger charge is -2.34. The number of nitrogens with one attached hydrogen (secondary N) is 2. The van der Waals surface area contributed by atoms with Crippen molar-refractivity contribution in [2.75, 3.05) is 23.3 Å². The largest absolute Gasteiger partial charge is 0.370 e. The van der Waals surface area contributed by atoms with Gasteiger partial charge >= 0.3 is 0 Å². The lowest BCUT2D eigenvalue weighted by molar-refractivity contribution is -0.132. The van der Waals surface area contributed by atoms with Crippen LogP contribution in [-0.4, -0.2) is 40.9 Å². The fourth-order valence-corrected chi connectivity index (χ4v) is 2.42. The fraction of sp³-hybridized carbons (Fsp3) is 0.571. The van der Waals surface area contributed by atoms with Gasteiger partial charge in [0.2, 0.25) is 11.8 Å². The molecule has 2 heterocycles. The van der Waals surface area contributed by atoms with Gasteiger partial charge < -0.3 is 10.2 Å². The van der Waals surface area contributed by atoms with E-state index in [9.17, 15) is 9.59 Å². The van der Waals surface area contributed by atoms with Gasteiger partial charge in [0, 0.05) is 12.1 Å². The highest BCUT2D eigenvalue weighted by molar-refractivity contribution is 6.04. The van der Waals surface area contributed by atoms with Crippen molar-refractivity contribution in [3.63, 3.8) is 0 Å². The zero-order valence-corrected chi connectivity index (χ0v) is 12.6. The van der Waals surface area contributed by atoms with E-state index in [1.54, 1.807) is 11.8 Å². The van der Waals surface area contributed by atoms with E-state index >= 15 is 0 Å². The van der Waals surface area contributed by atoms with Gasteiger partial charge in [-0.1, -0.05) is 13.3 Å². The number of imide groups is 1. The Morgan fingerprint density at radius 1 is 1.38 bits per heavy atom. The number of hydrogen-bond acceptors (Lipinski definition) is 6. The first-order chi connectivity index (χ1) is 10.1. The minimum atomic E-state index is -0.428. The smallest absolute Gasteiger partial charge is 0.249 e. The van der Waals surface area contributed by atoms with Crippen LogP contribution in [0.4, 0.5) is 11.6 Å². The van der Waals surface area contributed by atoms with E-state index in [0.717, 1.165) is 30.8 Å². The molecule has 0 bridgehead atoms. The van der Waals surface area contributed by atoms with E-state index in [2.05, 4.69) is 27.5 Å². The molecule has 0 spiro atoms. The number of rotatable bonds is 5. The summed E-state index contributed by atoms with van der Waals surface area (Å²) in [4.78, 5) is 33.8. The maximum atomic E-state index is 11.8. The number of hydrogen-bond donors (Lipinski definition) is 2. The summed E-state index contributed by atoms with van der Waals surface area (Å²) in [5.41, 5.74) is 0.955. The van der Waals surface area contributed by atoms with Gasteiger partial charge in [0.05, 0.1) is 6.54 Å². The molecule has 1 aliphatic rings. The van der Waals surface area contributed by atoms with Crippen molar-refractivity contribution in [3.8, 4) is 0 Å². The topological polar surface area (TPSA) is 87.2 Å². The van der Waals surface area contributed by atoms with Crippen LogP contribution >= 0.6 is 0 Å². The van der Waals surface area contributed by atoms with Crippen molar-refractivity contribution in [2.45, 2.75) is 39.7 Å². The standard InChI is InChI=1S/C14H21N5O2/c1-4-6-10-12(15-5-2)16-8-17-13(10)19-7-11(20)18-14(21)9(19)3/h8-9H,4-7H2,1-3H3,(H,15,16,17)(H,18,20,21). The first kappa shape index (κ1) is 15.2. The molecule has 1 atom stereocenters. The quantitative estimate of drug-likeness (QED) is 0.777. The second kappa shape index (κ2) is 6.51. The van der Waals surface area contributed by atoms with Crippen LogP contribution in [-0.2, 0) is 16.0 Å². The fourth-order valence-electron chi connectivity index (χ4n) is 2.42. The van der Waals surface area contributed by atoms with Gasteiger partial charge in [0.25, 0.3) is 0 Å². The number of nitrogens with zero attached hydrogens (tertiary/aromatic N) is 3. The van der Waals surface area contributed by atoms with Crippen LogP contribution in [0, 0.1) is 0 Å². The van der Waals surface area contributed by atoms with E-state index in [-0.39, 0.29) is 18.4 Å². The van der Waals surface area contributed by atoms with Crippen molar-refractivity contribution < 1.29 is 9.59 Å². The van der Waals surface area contributed by atoms with Gasteiger partial charge in [0.1, 0.15) is 24.0 Å². The Labute approximate surface area is 124 Å². The first-order valence-corrected chi connectivity index (χ1v) is 7.26. The predicted molar refractivity (Wildman–Crippen MR) is 80.1 cm³/mol. The molecule has 2 amide bonds. The number of aromatic nitrogens is 2. The molecule has 2 N–H and O–H groups in total. The molecule has 1 fully saturated rings. The molecule has 0 aliphatic carbocycles. The zero-order chi connectivity index (χ0) is 15.4. The molecule has 0 aromatic carbocycles. The van der Waals surface area contributed by atoms with E-state index < -0.39 is 6.04 Å². The van der Waals surface area contributed by atoms with Gasteiger partial charge in [-0.25, -0.2) is 9.97 Å². The molecule has 7 nitrogen and oxygen atoms in total. The summed E-state index contributed by atoms with van der Waals surface area (Å²) in [5, 5.41) is 5.56. The Morgan fingerprint density at radius 3 is 2.81 bits per heavy atom. The molecule has 2 rings (SSSR count). The van der Waals surface area contributed by atoms with Crippen LogP contribution in [0.25, 0.3) is 0 Å². The van der Waals surface area contributed by atoms with Gasteiger partial charge in [-0.05, 0) is 20.3 Å². The molecular formula is C14H21N5O2. The number of carbonyl (C=O) groups is 2. The Hall–Kier alpha value is -2.18. The number of amides is 2. The summed E-state index contributed by atoms with van der Waals surface area (Å²) in [5.74, 6) is 0.843. The Kier molecular flexibility index (Phi) is 4.72.